The highest BCUT2D eigenvalue weighted by Crippen LogP contribution is 2.24. The summed E-state index contributed by atoms with van der Waals surface area (Å²) >= 11 is 0. The van der Waals surface area contributed by atoms with Crippen LogP contribution in [0, 0.1) is 6.92 Å². The number of phenolic OH excluding ortho intramolecular Hbond substituents is 1. The van der Waals surface area contributed by atoms with Gasteiger partial charge in [-0.1, -0.05) is 12.7 Å². The SMILES string of the molecule is C=Cc1cc(C)cc(C=NN=C(N)NN=C)c1O. The number of aromatic hydroxyl groups is 1. The lowest BCUT2D eigenvalue weighted by molar-refractivity contribution is 0.473. The van der Waals surface area contributed by atoms with Crippen molar-refractivity contribution >= 4 is 25.0 Å². The lowest BCUT2D eigenvalue weighted by Gasteiger charge is -2.04. The monoisotopic (exact) mass is 245 g/mol. The average Bonchev–Trinajstić information content (AvgIpc) is 2.33. The van der Waals surface area contributed by atoms with E-state index in [1.807, 2.05) is 13.0 Å². The number of hydrogen-bond donors (Lipinski definition) is 3. The van der Waals surface area contributed by atoms with Crippen LogP contribution in [0.5, 0.6) is 5.75 Å². The molecule has 0 atom stereocenters. The number of nitrogens with two attached hydrogens (primary N) is 1. The fraction of sp³-hybridized carbons (Fsp3) is 0.0833. The minimum atomic E-state index is 0.0114. The van der Waals surface area contributed by atoms with Crippen LogP contribution in [0.25, 0.3) is 6.08 Å². The number of hydrogen-bond acceptors (Lipinski definition) is 4. The van der Waals surface area contributed by atoms with E-state index in [1.165, 1.54) is 6.21 Å². The maximum Gasteiger partial charge on any atom is 0.234 e. The van der Waals surface area contributed by atoms with Gasteiger partial charge in [-0.05, 0) is 24.6 Å². The second-order valence-electron chi connectivity index (χ2n) is 3.50. The first-order chi connectivity index (χ1) is 8.58. The van der Waals surface area contributed by atoms with Crippen LogP contribution in [0.15, 0.2) is 34.0 Å². The molecule has 94 valence electrons. The Balaban J connectivity index is 3.01. The van der Waals surface area contributed by atoms with Crippen LogP contribution < -0.4 is 11.2 Å². The molecule has 0 aliphatic carbocycles. The third-order valence-corrected chi connectivity index (χ3v) is 2.09. The number of rotatable bonds is 4. The lowest BCUT2D eigenvalue weighted by Crippen LogP contribution is -2.26. The summed E-state index contributed by atoms with van der Waals surface area (Å²) in [6.07, 6.45) is 2.97. The van der Waals surface area contributed by atoms with Crippen LogP contribution >= 0.6 is 0 Å². The molecule has 0 radical (unpaired) electrons. The number of hydrazone groups is 1. The van der Waals surface area contributed by atoms with E-state index in [0.29, 0.717) is 11.1 Å². The van der Waals surface area contributed by atoms with Gasteiger partial charge >= 0.3 is 0 Å². The van der Waals surface area contributed by atoms with Gasteiger partial charge in [-0.25, -0.2) is 5.43 Å². The molecule has 0 bridgehead atoms. The molecule has 0 spiro atoms. The third kappa shape index (κ3) is 3.44. The van der Waals surface area contributed by atoms with E-state index in [1.54, 1.807) is 12.1 Å². The van der Waals surface area contributed by atoms with Crippen molar-refractivity contribution in [3.63, 3.8) is 0 Å². The van der Waals surface area contributed by atoms with Crippen LogP contribution in [-0.4, -0.2) is 24.0 Å². The van der Waals surface area contributed by atoms with E-state index in [0.717, 1.165) is 5.56 Å². The van der Waals surface area contributed by atoms with Crippen molar-refractivity contribution < 1.29 is 5.11 Å². The molecule has 18 heavy (non-hydrogen) atoms. The van der Waals surface area contributed by atoms with Gasteiger partial charge in [-0.2, -0.15) is 10.2 Å². The minimum Gasteiger partial charge on any atom is -0.507 e. The second-order valence-corrected chi connectivity index (χ2v) is 3.50. The summed E-state index contributed by atoms with van der Waals surface area (Å²) in [6, 6.07) is 3.59. The van der Waals surface area contributed by atoms with Gasteiger partial charge in [-0.3, -0.25) is 0 Å². The topological polar surface area (TPSA) is 95.4 Å². The van der Waals surface area contributed by atoms with Crippen molar-refractivity contribution in [1.29, 1.82) is 0 Å². The largest absolute Gasteiger partial charge is 0.507 e. The van der Waals surface area contributed by atoms with E-state index in [4.69, 9.17) is 5.73 Å². The van der Waals surface area contributed by atoms with E-state index >= 15 is 0 Å². The Morgan fingerprint density at radius 3 is 2.72 bits per heavy atom. The molecule has 4 N–H and O–H groups in total. The van der Waals surface area contributed by atoms with Crippen LogP contribution in [0.1, 0.15) is 16.7 Å². The Morgan fingerprint density at radius 1 is 1.44 bits per heavy atom. The number of aryl methyl sites for hydroxylation is 1. The molecule has 0 amide bonds. The summed E-state index contributed by atoms with van der Waals surface area (Å²) in [5.74, 6) is 0.111. The fourth-order valence-corrected chi connectivity index (χ4v) is 1.35. The van der Waals surface area contributed by atoms with Gasteiger partial charge in [0, 0.05) is 17.8 Å². The van der Waals surface area contributed by atoms with E-state index in [-0.39, 0.29) is 11.7 Å². The Hall–Kier alpha value is -2.63. The molecule has 6 nitrogen and oxygen atoms in total. The molecule has 0 heterocycles. The standard InChI is InChI=1S/C12H15N5O/c1-4-9-5-8(2)6-10(11(9)18)7-15-17-12(13)16-14-3/h4-7,18H,1,3H2,2H3,(H3,13,16,17). The number of nitrogens with zero attached hydrogens (tertiary/aromatic N) is 3. The molecular formula is C12H15N5O. The summed E-state index contributed by atoms with van der Waals surface area (Å²) < 4.78 is 0. The maximum atomic E-state index is 9.90. The fourth-order valence-electron chi connectivity index (χ4n) is 1.35. The smallest absolute Gasteiger partial charge is 0.234 e. The van der Waals surface area contributed by atoms with E-state index in [9.17, 15) is 5.11 Å². The van der Waals surface area contributed by atoms with Crippen molar-refractivity contribution in [1.82, 2.24) is 5.43 Å². The Bertz CT molecular complexity index is 519. The molecule has 0 aliphatic rings. The van der Waals surface area contributed by atoms with Gasteiger partial charge < -0.3 is 10.8 Å². The van der Waals surface area contributed by atoms with Gasteiger partial charge in [0.25, 0.3) is 0 Å². The minimum absolute atomic E-state index is 0.0114. The second kappa shape index (κ2) is 6.19. The zero-order valence-corrected chi connectivity index (χ0v) is 10.1. The first-order valence-corrected chi connectivity index (χ1v) is 5.12. The predicted octanol–water partition coefficient (Wildman–Crippen LogP) is 1.20. The zero-order valence-electron chi connectivity index (χ0n) is 10.1. The average molecular weight is 245 g/mol. The molecular weight excluding hydrogens is 230 g/mol. The van der Waals surface area contributed by atoms with Crippen LogP contribution in [0.4, 0.5) is 0 Å². The summed E-state index contributed by atoms with van der Waals surface area (Å²) in [5.41, 5.74) is 9.87. The molecule has 1 aromatic rings. The van der Waals surface area contributed by atoms with Gasteiger partial charge in [-0.15, -0.1) is 5.10 Å². The Labute approximate surface area is 105 Å². The number of benzene rings is 1. The molecule has 0 aromatic heterocycles. The van der Waals surface area contributed by atoms with Crippen molar-refractivity contribution in [3.8, 4) is 5.75 Å². The molecule has 6 heteroatoms. The molecule has 0 aliphatic heterocycles. The molecule has 1 aromatic carbocycles. The lowest BCUT2D eigenvalue weighted by atomic mass is 10.1. The van der Waals surface area contributed by atoms with Gasteiger partial charge in [0.05, 0.1) is 6.21 Å². The van der Waals surface area contributed by atoms with E-state index < -0.39 is 0 Å². The quantitative estimate of drug-likeness (QED) is 0.422. The number of guanidine groups is 1. The van der Waals surface area contributed by atoms with Gasteiger partial charge in [0.15, 0.2) is 0 Å². The number of phenols is 1. The van der Waals surface area contributed by atoms with Crippen molar-refractivity contribution in [2.45, 2.75) is 6.92 Å². The van der Waals surface area contributed by atoms with E-state index in [2.05, 4.69) is 34.0 Å². The first-order valence-electron chi connectivity index (χ1n) is 5.12. The Morgan fingerprint density at radius 2 is 2.11 bits per heavy atom. The van der Waals surface area contributed by atoms with Crippen molar-refractivity contribution in [2.75, 3.05) is 0 Å². The summed E-state index contributed by atoms with van der Waals surface area (Å²) in [5, 5.41) is 20.6. The summed E-state index contributed by atoms with van der Waals surface area (Å²) in [6.45, 7) is 8.72. The van der Waals surface area contributed by atoms with Gasteiger partial charge in [0.2, 0.25) is 5.96 Å². The molecule has 0 saturated carbocycles. The maximum absolute atomic E-state index is 9.90. The molecule has 0 fully saturated rings. The summed E-state index contributed by atoms with van der Waals surface area (Å²) in [7, 11) is 0. The Kier molecular flexibility index (Phi) is 4.62. The van der Waals surface area contributed by atoms with Crippen LogP contribution in [-0.2, 0) is 0 Å². The van der Waals surface area contributed by atoms with Crippen molar-refractivity contribution in [3.05, 3.63) is 35.4 Å². The highest BCUT2D eigenvalue weighted by molar-refractivity contribution is 5.87. The number of nitrogens with one attached hydrogen (secondary N) is 1. The third-order valence-electron chi connectivity index (χ3n) is 2.09. The first kappa shape index (κ1) is 13.4. The predicted molar refractivity (Wildman–Crippen MR) is 74.8 cm³/mol. The molecule has 1 rings (SSSR count). The highest BCUT2D eigenvalue weighted by atomic mass is 16.3. The normalized spacial score (nSPS) is 11.5. The highest BCUT2D eigenvalue weighted by Gasteiger charge is 2.04. The van der Waals surface area contributed by atoms with Gasteiger partial charge in [0.1, 0.15) is 5.75 Å². The summed E-state index contributed by atoms with van der Waals surface area (Å²) in [4.78, 5) is 0. The van der Waals surface area contributed by atoms with Crippen molar-refractivity contribution in [2.24, 2.45) is 21.0 Å². The zero-order chi connectivity index (χ0) is 13.5. The van der Waals surface area contributed by atoms with Crippen LogP contribution in [0.2, 0.25) is 0 Å². The molecule has 0 saturated heterocycles. The van der Waals surface area contributed by atoms with Crippen LogP contribution in [0.3, 0.4) is 0 Å². The molecule has 0 unspecified atom stereocenters.